The molecule has 0 amide bonds. The number of hydrogen-bond acceptors (Lipinski definition) is 8. The number of aliphatic carboxylic acids is 3. The van der Waals surface area contributed by atoms with Crippen molar-refractivity contribution in [1.82, 2.24) is 0 Å². The summed E-state index contributed by atoms with van der Waals surface area (Å²) in [6, 6.07) is 0. The molecule has 0 spiro atoms. The second kappa shape index (κ2) is 13.7. The van der Waals surface area contributed by atoms with Crippen molar-refractivity contribution in [2.75, 3.05) is 0 Å². The Balaban J connectivity index is -0.000000427. The molecule has 0 rings (SSSR count). The topological polar surface area (TPSA) is 187 Å². The molecular weight excluding hydrogens is 380 g/mol. The van der Waals surface area contributed by atoms with Crippen LogP contribution in [0.4, 0.5) is 0 Å². The molecule has 0 atom stereocenters. The van der Waals surface area contributed by atoms with Gasteiger partial charge in [-0.3, -0.25) is 4.52 Å². The van der Waals surface area contributed by atoms with Gasteiger partial charge in [0.2, 0.25) is 0 Å². The molecule has 0 fully saturated rings. The molecule has 0 aromatic heterocycles. The van der Waals surface area contributed by atoms with E-state index in [-0.39, 0.29) is 154 Å². The second-order valence-corrected chi connectivity index (χ2v) is 4.12. The van der Waals surface area contributed by atoms with Crippen LogP contribution in [0.3, 0.4) is 0 Å². The number of carbonyl (C=O) groups excluding carboxylic acids is 3. The summed E-state index contributed by atoms with van der Waals surface area (Å²) in [4.78, 5) is 47.9. The zero-order valence-corrected chi connectivity index (χ0v) is 21.3. The molecule has 10 nitrogen and oxygen atoms in total. The van der Waals surface area contributed by atoms with Crippen LogP contribution in [0, 0.1) is 0 Å². The number of rotatable bonds is 7. The summed E-state index contributed by atoms with van der Waals surface area (Å²) in [5.41, 5.74) is -3.25. The van der Waals surface area contributed by atoms with E-state index in [0.717, 1.165) is 0 Å². The van der Waals surface area contributed by atoms with Crippen LogP contribution in [-0.2, 0) is 23.5 Å². The van der Waals surface area contributed by atoms with Crippen LogP contribution < -0.4 is 169 Å². The molecule has 0 aliphatic rings. The van der Waals surface area contributed by atoms with Crippen molar-refractivity contribution in [2.24, 2.45) is 0 Å². The van der Waals surface area contributed by atoms with Gasteiger partial charge in [-0.25, -0.2) is 4.57 Å². The Morgan fingerprint density at radius 1 is 0.950 bits per heavy atom. The van der Waals surface area contributed by atoms with E-state index in [1.54, 1.807) is 0 Å². The summed E-state index contributed by atoms with van der Waals surface area (Å²) in [7, 11) is -5.46. The summed E-state index contributed by atoms with van der Waals surface area (Å²) in [5.74, 6) is -6.61. The molecule has 0 saturated heterocycles. The van der Waals surface area contributed by atoms with Crippen molar-refractivity contribution >= 4 is 25.7 Å². The van der Waals surface area contributed by atoms with Crippen molar-refractivity contribution in [2.45, 2.75) is 18.4 Å². The molecular formula is C6H6K3O10P. The quantitative estimate of drug-likeness (QED) is 0.314. The van der Waals surface area contributed by atoms with E-state index in [1.165, 1.54) is 0 Å². The van der Waals surface area contributed by atoms with E-state index in [1.807, 2.05) is 0 Å². The zero-order valence-electron chi connectivity index (χ0n) is 11.0. The number of hydrogen-bond donors (Lipinski definition) is 2. The molecule has 98 valence electrons. The molecule has 0 aliphatic carbocycles. The molecule has 0 aliphatic heterocycles. The van der Waals surface area contributed by atoms with Crippen LogP contribution in [0.15, 0.2) is 0 Å². The van der Waals surface area contributed by atoms with E-state index in [0.29, 0.717) is 0 Å². The zero-order chi connectivity index (χ0) is 13.9. The van der Waals surface area contributed by atoms with Gasteiger partial charge in [0, 0.05) is 24.8 Å². The molecule has 0 saturated carbocycles. The Morgan fingerprint density at radius 2 is 1.25 bits per heavy atom. The average molecular weight is 386 g/mol. The third-order valence-electron chi connectivity index (χ3n) is 1.53. The summed E-state index contributed by atoms with van der Waals surface area (Å²) in [6.07, 6.45) is -3.23. The van der Waals surface area contributed by atoms with E-state index < -0.39 is 44.2 Å². The Morgan fingerprint density at radius 3 is 1.40 bits per heavy atom. The number of carboxylic acid groups (broad SMARTS) is 3. The van der Waals surface area contributed by atoms with Crippen molar-refractivity contribution in [3.8, 4) is 0 Å². The predicted molar refractivity (Wildman–Crippen MR) is 40.1 cm³/mol. The standard InChI is InChI=1S/C6H9O10P.3K/c7-3(8)1-6(5(11)12,2-4(9)10)16-17(13,14)15;;;/h1-2H2,(H,7,8)(H,9,10)(H,11,12)(H2,13,14,15);;;/q;3*+1/p-3. The van der Waals surface area contributed by atoms with Gasteiger partial charge >= 0.3 is 162 Å². The van der Waals surface area contributed by atoms with Crippen molar-refractivity contribution in [1.29, 1.82) is 0 Å². The minimum Gasteiger partial charge on any atom is -0.550 e. The molecule has 0 aromatic rings. The van der Waals surface area contributed by atoms with Crippen LogP contribution in [-0.4, -0.2) is 33.3 Å². The number of carboxylic acids is 3. The molecule has 0 unspecified atom stereocenters. The van der Waals surface area contributed by atoms with Gasteiger partial charge in [-0.15, -0.1) is 0 Å². The normalized spacial score (nSPS) is 10.3. The van der Waals surface area contributed by atoms with Gasteiger partial charge in [0.1, 0.15) is 5.60 Å². The van der Waals surface area contributed by atoms with Crippen LogP contribution in [0.1, 0.15) is 12.8 Å². The number of carbonyl (C=O) groups is 3. The van der Waals surface area contributed by atoms with Crippen molar-refractivity contribution < 1.29 is 203 Å². The Labute approximate surface area is 240 Å². The third-order valence-corrected chi connectivity index (χ3v) is 2.11. The van der Waals surface area contributed by atoms with Gasteiger partial charge in [-0.05, 0) is 0 Å². The Kier molecular flexibility index (Phi) is 21.4. The van der Waals surface area contributed by atoms with E-state index >= 15 is 0 Å². The van der Waals surface area contributed by atoms with Gasteiger partial charge in [0.25, 0.3) is 0 Å². The van der Waals surface area contributed by atoms with Crippen LogP contribution in [0.5, 0.6) is 0 Å². The summed E-state index contributed by atoms with van der Waals surface area (Å²) >= 11 is 0. The summed E-state index contributed by atoms with van der Waals surface area (Å²) in [5, 5.41) is 31.1. The number of phosphoric acid groups is 1. The monoisotopic (exact) mass is 386 g/mol. The molecule has 0 radical (unpaired) electrons. The predicted octanol–water partition coefficient (Wildman–Crippen LogP) is -14.1. The van der Waals surface area contributed by atoms with Crippen molar-refractivity contribution in [3.63, 3.8) is 0 Å². The summed E-state index contributed by atoms with van der Waals surface area (Å²) < 4.78 is 14.1. The molecule has 0 aromatic carbocycles. The molecule has 0 bridgehead atoms. The van der Waals surface area contributed by atoms with Crippen LogP contribution in [0.25, 0.3) is 0 Å². The molecule has 14 heteroatoms. The smallest absolute Gasteiger partial charge is 0.550 e. The SMILES string of the molecule is O=C([O-])CC(CC(=O)[O-])(OP(=O)(O)O)C(=O)[O-].[K+].[K+].[K+]. The minimum atomic E-state index is -5.46. The fourth-order valence-corrected chi connectivity index (χ4v) is 1.66. The minimum absolute atomic E-state index is 0. The van der Waals surface area contributed by atoms with Crippen LogP contribution >= 0.6 is 7.82 Å². The fourth-order valence-electron chi connectivity index (χ4n) is 1.00. The molecule has 0 heterocycles. The average Bonchev–Trinajstić information content (AvgIpc) is 1.96. The second-order valence-electron chi connectivity index (χ2n) is 2.96. The summed E-state index contributed by atoms with van der Waals surface area (Å²) in [6.45, 7) is 0. The van der Waals surface area contributed by atoms with Crippen molar-refractivity contribution in [3.05, 3.63) is 0 Å². The van der Waals surface area contributed by atoms with Gasteiger partial charge in [-0.1, -0.05) is 0 Å². The first-order valence-corrected chi connectivity index (χ1v) is 5.39. The van der Waals surface area contributed by atoms with Gasteiger partial charge in [0.05, 0.1) is 5.97 Å². The van der Waals surface area contributed by atoms with E-state index in [2.05, 4.69) is 4.52 Å². The Bertz CT molecular complexity index is 376. The maximum absolute atomic E-state index is 10.6. The van der Waals surface area contributed by atoms with Gasteiger partial charge < -0.3 is 39.5 Å². The molecule has 20 heavy (non-hydrogen) atoms. The Hall–Kier alpha value is 3.43. The first kappa shape index (κ1) is 31.2. The van der Waals surface area contributed by atoms with E-state index in [9.17, 15) is 34.3 Å². The fraction of sp³-hybridized carbons (Fsp3) is 0.500. The first-order chi connectivity index (χ1) is 7.48. The van der Waals surface area contributed by atoms with Gasteiger partial charge in [-0.2, -0.15) is 0 Å². The first-order valence-electron chi connectivity index (χ1n) is 3.86. The number of phosphoric ester groups is 1. The van der Waals surface area contributed by atoms with E-state index in [4.69, 9.17) is 9.79 Å². The maximum Gasteiger partial charge on any atom is 1.00 e. The van der Waals surface area contributed by atoms with Crippen LogP contribution in [0.2, 0.25) is 0 Å². The molecule has 2 N–H and O–H groups in total. The van der Waals surface area contributed by atoms with Gasteiger partial charge in [0.15, 0.2) is 0 Å². The maximum atomic E-state index is 10.6. The largest absolute Gasteiger partial charge is 1.00 e. The third kappa shape index (κ3) is 13.8.